The third-order valence-corrected chi connectivity index (χ3v) is 5.07. The van der Waals surface area contributed by atoms with Gasteiger partial charge >= 0.3 is 5.97 Å². The number of ether oxygens (including phenoxy) is 1. The van der Waals surface area contributed by atoms with Crippen LogP contribution in [0.25, 0.3) is 0 Å². The molecular formula is C13H13BrN2O4S. The molecule has 0 bridgehead atoms. The third kappa shape index (κ3) is 2.81. The molecule has 21 heavy (non-hydrogen) atoms. The summed E-state index contributed by atoms with van der Waals surface area (Å²) in [4.78, 5) is 11.6. The van der Waals surface area contributed by atoms with E-state index < -0.39 is 16.0 Å². The molecule has 2 N–H and O–H groups in total. The maximum absolute atomic E-state index is 12.7. The van der Waals surface area contributed by atoms with Crippen molar-refractivity contribution in [3.8, 4) is 0 Å². The van der Waals surface area contributed by atoms with E-state index in [2.05, 4.69) is 20.7 Å². The van der Waals surface area contributed by atoms with E-state index >= 15 is 0 Å². The van der Waals surface area contributed by atoms with Crippen molar-refractivity contribution in [1.82, 2.24) is 3.97 Å². The average Bonchev–Trinajstić information content (AvgIpc) is 2.80. The van der Waals surface area contributed by atoms with E-state index in [1.54, 1.807) is 13.0 Å². The van der Waals surface area contributed by atoms with Gasteiger partial charge in [-0.3, -0.25) is 0 Å². The Morgan fingerprint density at radius 3 is 2.57 bits per heavy atom. The first-order chi connectivity index (χ1) is 9.77. The lowest BCUT2D eigenvalue weighted by Crippen LogP contribution is -2.19. The molecule has 0 saturated carbocycles. The average molecular weight is 373 g/mol. The van der Waals surface area contributed by atoms with Crippen LogP contribution in [-0.2, 0) is 14.8 Å². The maximum atomic E-state index is 12.7. The van der Waals surface area contributed by atoms with Crippen LogP contribution in [0.2, 0.25) is 0 Å². The largest absolute Gasteiger partial charge is 0.464 e. The Balaban J connectivity index is 2.67. The third-order valence-electron chi connectivity index (χ3n) is 2.83. The van der Waals surface area contributed by atoms with Crippen molar-refractivity contribution in [2.45, 2.75) is 11.8 Å². The van der Waals surface area contributed by atoms with Crippen molar-refractivity contribution in [2.24, 2.45) is 0 Å². The number of nitrogens with zero attached hydrogens (tertiary/aromatic N) is 1. The molecule has 0 amide bonds. The van der Waals surface area contributed by atoms with Crippen molar-refractivity contribution >= 4 is 37.6 Å². The summed E-state index contributed by atoms with van der Waals surface area (Å²) in [6.45, 7) is 1.68. The van der Waals surface area contributed by atoms with Crippen molar-refractivity contribution < 1.29 is 17.9 Å². The number of aromatic nitrogens is 1. The van der Waals surface area contributed by atoms with Gasteiger partial charge in [-0.25, -0.2) is 17.2 Å². The van der Waals surface area contributed by atoms with Gasteiger partial charge in [0, 0.05) is 10.7 Å². The molecule has 6 nitrogen and oxygen atoms in total. The lowest BCUT2D eigenvalue weighted by atomic mass is 10.3. The fraction of sp³-hybridized carbons (Fsp3) is 0.154. The molecule has 112 valence electrons. The molecular weight excluding hydrogens is 360 g/mol. The Morgan fingerprint density at radius 1 is 1.33 bits per heavy atom. The van der Waals surface area contributed by atoms with Crippen LogP contribution in [0, 0.1) is 6.92 Å². The Labute approximate surface area is 130 Å². The molecule has 0 saturated heterocycles. The second kappa shape index (κ2) is 5.53. The molecule has 1 aromatic carbocycles. The van der Waals surface area contributed by atoms with Crippen molar-refractivity contribution in [3.63, 3.8) is 0 Å². The van der Waals surface area contributed by atoms with E-state index in [0.717, 1.165) is 3.97 Å². The summed E-state index contributed by atoms with van der Waals surface area (Å²) >= 11 is 3.22. The van der Waals surface area contributed by atoms with Gasteiger partial charge < -0.3 is 10.5 Å². The molecule has 0 aliphatic heterocycles. The van der Waals surface area contributed by atoms with Crippen molar-refractivity contribution in [1.29, 1.82) is 0 Å². The number of carbonyl (C=O) groups excluding carboxylic acids is 1. The lowest BCUT2D eigenvalue weighted by molar-refractivity contribution is 0.0593. The molecule has 8 heteroatoms. The molecule has 1 heterocycles. The first kappa shape index (κ1) is 15.6. The topological polar surface area (TPSA) is 91.4 Å². The minimum Gasteiger partial charge on any atom is -0.464 e. The van der Waals surface area contributed by atoms with Crippen LogP contribution in [-0.4, -0.2) is 25.5 Å². The maximum Gasteiger partial charge on any atom is 0.355 e. The highest BCUT2D eigenvalue weighted by atomic mass is 79.9. The first-order valence-electron chi connectivity index (χ1n) is 5.85. The van der Waals surface area contributed by atoms with Crippen molar-refractivity contribution in [3.05, 3.63) is 46.2 Å². The highest BCUT2D eigenvalue weighted by Gasteiger charge is 2.26. The fourth-order valence-electron chi connectivity index (χ4n) is 1.88. The van der Waals surface area contributed by atoms with Gasteiger partial charge in [0.15, 0.2) is 0 Å². The number of rotatable bonds is 3. The van der Waals surface area contributed by atoms with Gasteiger partial charge in [-0.2, -0.15) is 0 Å². The van der Waals surface area contributed by atoms with Crippen LogP contribution in [0.1, 0.15) is 16.1 Å². The number of nitrogen functional groups attached to an aromatic ring is 1. The number of benzene rings is 1. The minimum absolute atomic E-state index is 0.0719. The summed E-state index contributed by atoms with van der Waals surface area (Å²) in [5.41, 5.74) is 6.41. The van der Waals surface area contributed by atoms with Crippen LogP contribution < -0.4 is 5.73 Å². The molecule has 2 rings (SSSR count). The second-order valence-electron chi connectivity index (χ2n) is 4.38. The van der Waals surface area contributed by atoms with Crippen LogP contribution in [0.4, 0.5) is 5.69 Å². The Bertz CT molecular complexity index is 812. The van der Waals surface area contributed by atoms with Gasteiger partial charge in [0.2, 0.25) is 0 Å². The van der Waals surface area contributed by atoms with Crippen LogP contribution in [0.15, 0.2) is 39.8 Å². The zero-order valence-corrected chi connectivity index (χ0v) is 13.7. The first-order valence-corrected chi connectivity index (χ1v) is 8.08. The number of methoxy groups -OCH3 is 1. The van der Waals surface area contributed by atoms with E-state index in [1.165, 1.54) is 31.5 Å². The van der Waals surface area contributed by atoms with E-state index in [-0.39, 0.29) is 16.3 Å². The van der Waals surface area contributed by atoms with Crippen LogP contribution in [0.3, 0.4) is 0 Å². The number of anilines is 1. The predicted octanol–water partition coefficient (Wildman–Crippen LogP) is 2.16. The quantitative estimate of drug-likeness (QED) is 0.658. The van der Waals surface area contributed by atoms with E-state index in [1.807, 2.05) is 0 Å². The van der Waals surface area contributed by atoms with E-state index in [4.69, 9.17) is 5.73 Å². The SMILES string of the molecule is COC(=O)c1cc(C)cn1S(=O)(=O)c1ccc(Br)cc1N. The van der Waals surface area contributed by atoms with Gasteiger partial charge in [0.05, 0.1) is 12.8 Å². The zero-order valence-electron chi connectivity index (χ0n) is 11.3. The van der Waals surface area contributed by atoms with Gasteiger partial charge in [-0.15, -0.1) is 0 Å². The summed E-state index contributed by atoms with van der Waals surface area (Å²) in [5, 5.41) is 0. The summed E-state index contributed by atoms with van der Waals surface area (Å²) in [6.07, 6.45) is 1.35. The molecule has 0 aliphatic carbocycles. The Hall–Kier alpha value is -1.80. The molecule has 0 fully saturated rings. The van der Waals surface area contributed by atoms with E-state index in [0.29, 0.717) is 10.0 Å². The molecule has 0 atom stereocenters. The highest BCUT2D eigenvalue weighted by molar-refractivity contribution is 9.10. The normalized spacial score (nSPS) is 11.4. The van der Waals surface area contributed by atoms with Gasteiger partial charge in [0.25, 0.3) is 10.0 Å². The molecule has 0 spiro atoms. The smallest absolute Gasteiger partial charge is 0.355 e. The summed E-state index contributed by atoms with van der Waals surface area (Å²) in [6, 6.07) is 5.88. The molecule has 1 aromatic heterocycles. The van der Waals surface area contributed by atoms with E-state index in [9.17, 15) is 13.2 Å². The minimum atomic E-state index is -3.98. The monoisotopic (exact) mass is 372 g/mol. The fourth-order valence-corrected chi connectivity index (χ4v) is 3.76. The molecule has 0 aliphatic rings. The number of carbonyl (C=O) groups is 1. The summed E-state index contributed by atoms with van der Waals surface area (Å²) in [7, 11) is -2.79. The molecule has 0 radical (unpaired) electrons. The molecule has 2 aromatic rings. The van der Waals surface area contributed by atoms with Crippen LogP contribution >= 0.6 is 15.9 Å². The van der Waals surface area contributed by atoms with Gasteiger partial charge in [0.1, 0.15) is 10.6 Å². The predicted molar refractivity (Wildman–Crippen MR) is 81.6 cm³/mol. The summed E-state index contributed by atoms with van der Waals surface area (Å²) in [5.74, 6) is -0.734. The zero-order chi connectivity index (χ0) is 15.8. The summed E-state index contributed by atoms with van der Waals surface area (Å²) < 4.78 is 31.5. The number of halogens is 1. The standard InChI is InChI=1S/C13H13BrN2O4S/c1-8-5-11(13(17)20-2)16(7-8)21(18,19)12-4-3-9(14)6-10(12)15/h3-7H,15H2,1-2H3. The van der Waals surface area contributed by atoms with Crippen LogP contribution in [0.5, 0.6) is 0 Å². The Kier molecular flexibility index (Phi) is 4.11. The lowest BCUT2D eigenvalue weighted by Gasteiger charge is -2.11. The van der Waals surface area contributed by atoms with Crippen molar-refractivity contribution in [2.75, 3.05) is 12.8 Å². The van der Waals surface area contributed by atoms with Gasteiger partial charge in [-0.05, 0) is 36.8 Å². The highest BCUT2D eigenvalue weighted by Crippen LogP contribution is 2.26. The number of esters is 1. The number of aryl methyl sites for hydroxylation is 1. The Morgan fingerprint density at radius 2 is 2.00 bits per heavy atom. The number of nitrogens with two attached hydrogens (primary N) is 1. The van der Waals surface area contributed by atoms with Gasteiger partial charge in [-0.1, -0.05) is 15.9 Å². The molecule has 0 unspecified atom stereocenters. The second-order valence-corrected chi connectivity index (χ2v) is 7.08. The number of hydrogen-bond acceptors (Lipinski definition) is 5. The number of hydrogen-bond donors (Lipinski definition) is 1.